The van der Waals surface area contributed by atoms with Crippen LogP contribution in [0.4, 0.5) is 5.69 Å². The van der Waals surface area contributed by atoms with Crippen LogP contribution >= 0.6 is 27.5 Å². The Labute approximate surface area is 135 Å². The number of hydrogen-bond donors (Lipinski definition) is 1. The van der Waals surface area contributed by atoms with Crippen LogP contribution in [0.2, 0.25) is 5.15 Å². The first-order valence-corrected chi connectivity index (χ1v) is 8.43. The summed E-state index contributed by atoms with van der Waals surface area (Å²) in [6, 6.07) is 1.38. The van der Waals surface area contributed by atoms with Crippen LogP contribution in [0, 0.1) is 0 Å². The molecule has 2 aromatic heterocycles. The summed E-state index contributed by atoms with van der Waals surface area (Å²) >= 11 is 9.00. The minimum absolute atomic E-state index is 0.0996. The molecule has 7 nitrogen and oxygen atoms in total. The number of ether oxygens (including phenoxy) is 1. The normalized spacial score (nSPS) is 11.6. The summed E-state index contributed by atoms with van der Waals surface area (Å²) in [5.74, 6) is 0. The van der Waals surface area contributed by atoms with Gasteiger partial charge in [-0.05, 0) is 22.0 Å². The van der Waals surface area contributed by atoms with Gasteiger partial charge in [-0.25, -0.2) is 13.4 Å². The van der Waals surface area contributed by atoms with Crippen molar-refractivity contribution in [3.05, 3.63) is 34.3 Å². The molecular formula is C11H12BrClN4O3S. The number of halogens is 2. The van der Waals surface area contributed by atoms with Gasteiger partial charge in [-0.15, -0.1) is 0 Å². The first kappa shape index (κ1) is 16.2. The maximum Gasteiger partial charge on any atom is 0.265 e. The molecule has 0 aliphatic heterocycles. The van der Waals surface area contributed by atoms with E-state index in [1.54, 1.807) is 18.0 Å². The predicted molar refractivity (Wildman–Crippen MR) is 81.9 cm³/mol. The number of pyridine rings is 1. The fraction of sp³-hybridized carbons (Fsp3) is 0.273. The quantitative estimate of drug-likeness (QED) is 0.757. The minimum atomic E-state index is -3.83. The van der Waals surface area contributed by atoms with Gasteiger partial charge in [-0.1, -0.05) is 11.6 Å². The van der Waals surface area contributed by atoms with Crippen molar-refractivity contribution in [1.82, 2.24) is 14.8 Å². The molecule has 0 aromatic carbocycles. The number of methoxy groups -OCH3 is 1. The van der Waals surface area contributed by atoms with Gasteiger partial charge in [0.2, 0.25) is 0 Å². The SMILES string of the molecule is COCCn1cc(NS(=O)(=O)c2cc(Br)cnc2Cl)cn1. The Kier molecular flexibility index (Phi) is 5.20. The molecular weight excluding hydrogens is 384 g/mol. The fourth-order valence-corrected chi connectivity index (χ4v) is 3.50. The molecule has 0 amide bonds. The third kappa shape index (κ3) is 4.16. The molecule has 10 heteroatoms. The van der Waals surface area contributed by atoms with Crippen molar-refractivity contribution >= 4 is 43.2 Å². The topological polar surface area (TPSA) is 86.1 Å². The van der Waals surface area contributed by atoms with Crippen LogP contribution in [0.1, 0.15) is 0 Å². The molecule has 2 aromatic rings. The largest absolute Gasteiger partial charge is 0.383 e. The average molecular weight is 396 g/mol. The summed E-state index contributed by atoms with van der Waals surface area (Å²) in [4.78, 5) is 3.69. The number of nitrogens with zero attached hydrogens (tertiary/aromatic N) is 3. The molecule has 0 aliphatic rings. The Balaban J connectivity index is 2.21. The summed E-state index contributed by atoms with van der Waals surface area (Å²) in [7, 11) is -2.25. The predicted octanol–water partition coefficient (Wildman–Crippen LogP) is 2.14. The lowest BCUT2D eigenvalue weighted by atomic mass is 10.5. The van der Waals surface area contributed by atoms with Gasteiger partial charge in [-0.3, -0.25) is 9.40 Å². The molecule has 0 fully saturated rings. The number of nitrogens with one attached hydrogen (secondary N) is 1. The van der Waals surface area contributed by atoms with Crippen LogP contribution in [0.5, 0.6) is 0 Å². The summed E-state index contributed by atoms with van der Waals surface area (Å²) in [5.41, 5.74) is 0.335. The van der Waals surface area contributed by atoms with Crippen LogP contribution in [0.15, 0.2) is 34.0 Å². The van der Waals surface area contributed by atoms with Gasteiger partial charge in [-0.2, -0.15) is 5.10 Å². The number of aromatic nitrogens is 3. The molecule has 2 heterocycles. The van der Waals surface area contributed by atoms with Crippen LogP contribution in [-0.2, 0) is 21.3 Å². The van der Waals surface area contributed by atoms with Crippen molar-refractivity contribution in [2.75, 3.05) is 18.4 Å². The first-order chi connectivity index (χ1) is 9.92. The molecule has 0 bridgehead atoms. The number of anilines is 1. The van der Waals surface area contributed by atoms with E-state index in [0.717, 1.165) is 0 Å². The van der Waals surface area contributed by atoms with E-state index in [2.05, 4.69) is 30.7 Å². The lowest BCUT2D eigenvalue weighted by molar-refractivity contribution is 0.183. The third-order valence-corrected chi connectivity index (χ3v) is 4.71. The average Bonchev–Trinajstić information content (AvgIpc) is 2.86. The fourth-order valence-electron chi connectivity index (χ4n) is 1.53. The molecule has 0 saturated carbocycles. The zero-order chi connectivity index (χ0) is 15.5. The monoisotopic (exact) mass is 394 g/mol. The van der Waals surface area contributed by atoms with Crippen molar-refractivity contribution in [1.29, 1.82) is 0 Å². The minimum Gasteiger partial charge on any atom is -0.383 e. The second-order valence-corrected chi connectivity index (χ2v) is 6.96. The smallest absolute Gasteiger partial charge is 0.265 e. The van der Waals surface area contributed by atoms with Crippen molar-refractivity contribution in [2.24, 2.45) is 0 Å². The van der Waals surface area contributed by atoms with Gasteiger partial charge in [0.15, 0.2) is 0 Å². The van der Waals surface area contributed by atoms with Crippen molar-refractivity contribution in [3.8, 4) is 0 Å². The molecule has 0 unspecified atom stereocenters. The summed E-state index contributed by atoms with van der Waals surface area (Å²) in [5, 5.41) is 3.92. The second kappa shape index (κ2) is 6.73. The van der Waals surface area contributed by atoms with Crippen molar-refractivity contribution < 1.29 is 13.2 Å². The van der Waals surface area contributed by atoms with Crippen molar-refractivity contribution in [3.63, 3.8) is 0 Å². The zero-order valence-corrected chi connectivity index (χ0v) is 14.1. The van der Waals surface area contributed by atoms with Gasteiger partial charge in [0.05, 0.1) is 25.0 Å². The third-order valence-electron chi connectivity index (χ3n) is 2.47. The van der Waals surface area contributed by atoms with Crippen LogP contribution < -0.4 is 4.72 Å². The number of hydrogen-bond acceptors (Lipinski definition) is 5. The summed E-state index contributed by atoms with van der Waals surface area (Å²) < 4.78 is 34.0. The number of sulfonamides is 1. The highest BCUT2D eigenvalue weighted by Gasteiger charge is 2.20. The molecule has 0 spiro atoms. The lowest BCUT2D eigenvalue weighted by Gasteiger charge is -2.07. The maximum absolute atomic E-state index is 12.3. The Morgan fingerprint density at radius 2 is 2.24 bits per heavy atom. The van der Waals surface area contributed by atoms with E-state index < -0.39 is 10.0 Å². The van der Waals surface area contributed by atoms with E-state index >= 15 is 0 Å². The van der Waals surface area contributed by atoms with E-state index in [0.29, 0.717) is 23.3 Å². The molecule has 2 rings (SSSR count). The van der Waals surface area contributed by atoms with E-state index in [-0.39, 0.29) is 10.0 Å². The molecule has 0 aliphatic carbocycles. The molecule has 0 saturated heterocycles. The Morgan fingerprint density at radius 3 is 2.95 bits per heavy atom. The lowest BCUT2D eigenvalue weighted by Crippen LogP contribution is -2.13. The molecule has 114 valence electrons. The highest BCUT2D eigenvalue weighted by molar-refractivity contribution is 9.10. The van der Waals surface area contributed by atoms with Gasteiger partial charge in [0.25, 0.3) is 10.0 Å². The Bertz CT molecular complexity index is 735. The van der Waals surface area contributed by atoms with E-state index in [4.69, 9.17) is 16.3 Å². The van der Waals surface area contributed by atoms with Crippen LogP contribution in [0.25, 0.3) is 0 Å². The summed E-state index contributed by atoms with van der Waals surface area (Å²) in [6.45, 7) is 1.01. The second-order valence-electron chi connectivity index (χ2n) is 4.03. The van der Waals surface area contributed by atoms with Gasteiger partial charge in [0, 0.05) is 24.0 Å². The zero-order valence-electron chi connectivity index (χ0n) is 11.0. The molecule has 21 heavy (non-hydrogen) atoms. The van der Waals surface area contributed by atoms with E-state index in [1.807, 2.05) is 0 Å². The molecule has 1 N–H and O–H groups in total. The molecule has 0 radical (unpaired) electrons. The highest BCUT2D eigenvalue weighted by Crippen LogP contribution is 2.24. The van der Waals surface area contributed by atoms with Gasteiger partial charge >= 0.3 is 0 Å². The highest BCUT2D eigenvalue weighted by atomic mass is 79.9. The van der Waals surface area contributed by atoms with E-state index in [9.17, 15) is 8.42 Å². The van der Waals surface area contributed by atoms with Crippen LogP contribution in [-0.4, -0.2) is 36.9 Å². The van der Waals surface area contributed by atoms with E-state index in [1.165, 1.54) is 18.5 Å². The van der Waals surface area contributed by atoms with Gasteiger partial charge < -0.3 is 4.74 Å². The van der Waals surface area contributed by atoms with Gasteiger partial charge in [0.1, 0.15) is 10.0 Å². The van der Waals surface area contributed by atoms with Crippen LogP contribution in [0.3, 0.4) is 0 Å². The first-order valence-electron chi connectivity index (χ1n) is 5.77. The standard InChI is InChI=1S/C11H12BrClN4O3S/c1-20-3-2-17-7-9(6-15-17)16-21(18,19)10-4-8(12)5-14-11(10)13/h4-7,16H,2-3H2,1H3. The summed E-state index contributed by atoms with van der Waals surface area (Å²) in [6.07, 6.45) is 4.40. The van der Waals surface area contributed by atoms with Crippen molar-refractivity contribution in [2.45, 2.75) is 11.4 Å². The Hall–Kier alpha value is -1.16. The Morgan fingerprint density at radius 1 is 1.48 bits per heavy atom. The number of rotatable bonds is 6. The maximum atomic E-state index is 12.3. The molecule has 0 atom stereocenters.